The van der Waals surface area contributed by atoms with Crippen LogP contribution in [0.25, 0.3) is 11.1 Å². The van der Waals surface area contributed by atoms with Crippen LogP contribution >= 0.6 is 0 Å². The Kier molecular flexibility index (Phi) is 5.69. The molecule has 0 saturated heterocycles. The van der Waals surface area contributed by atoms with E-state index in [1.54, 1.807) is 19.2 Å². The maximum absolute atomic E-state index is 12.9. The molecule has 0 saturated carbocycles. The normalized spacial score (nSPS) is 11.7. The van der Waals surface area contributed by atoms with Crippen molar-refractivity contribution in [2.75, 3.05) is 7.11 Å². The van der Waals surface area contributed by atoms with Gasteiger partial charge in [0.2, 0.25) is 0 Å². The van der Waals surface area contributed by atoms with Gasteiger partial charge in [-0.2, -0.15) is 13.2 Å². The van der Waals surface area contributed by atoms with Crippen LogP contribution in [-0.2, 0) is 19.3 Å². The summed E-state index contributed by atoms with van der Waals surface area (Å²) in [6.07, 6.45) is -4.44. The molecule has 4 aromatic rings. The number of rotatable bonds is 6. The molecule has 0 radical (unpaired) electrons. The zero-order valence-electron chi connectivity index (χ0n) is 17.5. The molecule has 8 heteroatoms. The highest BCUT2D eigenvalue weighted by atomic mass is 19.4. The van der Waals surface area contributed by atoms with Crippen LogP contribution in [0.2, 0.25) is 0 Å². The number of halogens is 3. The van der Waals surface area contributed by atoms with Crippen LogP contribution in [0.3, 0.4) is 0 Å². The van der Waals surface area contributed by atoms with Crippen LogP contribution in [0, 0.1) is 6.92 Å². The van der Waals surface area contributed by atoms with E-state index in [9.17, 15) is 18.0 Å². The third-order valence-electron chi connectivity index (χ3n) is 5.15. The molecule has 166 valence electrons. The number of methoxy groups -OCH3 is 1. The summed E-state index contributed by atoms with van der Waals surface area (Å²) in [4.78, 5) is 12.9. The number of alkyl halides is 3. The molecule has 0 aliphatic rings. The summed E-state index contributed by atoms with van der Waals surface area (Å²) < 4.78 is 51.5. The van der Waals surface area contributed by atoms with Crippen LogP contribution < -0.4 is 10.1 Å². The van der Waals surface area contributed by atoms with Crippen LogP contribution in [-0.4, -0.2) is 17.6 Å². The molecule has 0 atom stereocenters. The number of benzene rings is 2. The molecular weight excluding hydrogens is 421 g/mol. The maximum atomic E-state index is 12.9. The molecule has 1 amide bonds. The van der Waals surface area contributed by atoms with Gasteiger partial charge in [-0.3, -0.25) is 4.79 Å². The molecule has 0 aliphatic carbocycles. The predicted octanol–water partition coefficient (Wildman–Crippen LogP) is 5.55. The van der Waals surface area contributed by atoms with Gasteiger partial charge in [-0.15, -0.1) is 0 Å². The average molecular weight is 442 g/mol. The number of carbonyl (C=O) groups excluding carboxylic acids is 1. The predicted molar refractivity (Wildman–Crippen MR) is 114 cm³/mol. The Hall–Kier alpha value is -3.68. The van der Waals surface area contributed by atoms with E-state index in [1.807, 2.05) is 41.8 Å². The zero-order chi connectivity index (χ0) is 22.9. The lowest BCUT2D eigenvalue weighted by atomic mass is 10.1. The lowest BCUT2D eigenvalue weighted by Gasteiger charge is -2.12. The quantitative estimate of drug-likeness (QED) is 0.426. The van der Waals surface area contributed by atoms with Crippen molar-refractivity contribution in [3.8, 4) is 5.75 Å². The summed E-state index contributed by atoms with van der Waals surface area (Å²) in [5, 5.41) is 2.71. The molecule has 2 heterocycles. The number of furan rings is 1. The Morgan fingerprint density at radius 1 is 1.06 bits per heavy atom. The first kappa shape index (κ1) is 21.5. The van der Waals surface area contributed by atoms with E-state index >= 15 is 0 Å². The van der Waals surface area contributed by atoms with Gasteiger partial charge >= 0.3 is 6.18 Å². The number of fused-ring (bicyclic) bond motifs is 1. The summed E-state index contributed by atoms with van der Waals surface area (Å²) in [5.74, 6) is 1.04. The average Bonchev–Trinajstić information content (AvgIpc) is 3.29. The van der Waals surface area contributed by atoms with E-state index in [0.717, 1.165) is 34.7 Å². The molecule has 4 rings (SSSR count). The Bertz CT molecular complexity index is 1250. The standard InChI is InChI=1S/C24H21F3N2O3/c1-15-10-20-22(32-15)12-21(29(20)14-16-6-8-19(31-2)9-7-16)23(30)28-13-17-4-3-5-18(11-17)24(25,26)27/h3-12H,13-14H2,1-2H3,(H,28,30). The summed E-state index contributed by atoms with van der Waals surface area (Å²) in [5.41, 5.74) is 2.26. The Morgan fingerprint density at radius 2 is 1.81 bits per heavy atom. The molecule has 0 aliphatic heterocycles. The van der Waals surface area contributed by atoms with Gasteiger partial charge in [0.25, 0.3) is 5.91 Å². The number of carbonyl (C=O) groups is 1. The summed E-state index contributed by atoms with van der Waals surface area (Å²) in [6.45, 7) is 2.21. The fraction of sp³-hybridized carbons (Fsp3) is 0.208. The van der Waals surface area contributed by atoms with Crippen LogP contribution in [0.15, 0.2) is 65.1 Å². The monoisotopic (exact) mass is 442 g/mol. The van der Waals surface area contributed by atoms with E-state index in [2.05, 4.69) is 5.32 Å². The van der Waals surface area contributed by atoms with Gasteiger partial charge in [0, 0.05) is 25.2 Å². The number of aryl methyl sites for hydroxylation is 1. The fourth-order valence-corrected chi connectivity index (χ4v) is 3.57. The highest BCUT2D eigenvalue weighted by molar-refractivity contribution is 5.97. The SMILES string of the molecule is COc1ccc(Cn2c(C(=O)NCc3cccc(C(F)(F)F)c3)cc3oc(C)cc32)cc1. The third-order valence-corrected chi connectivity index (χ3v) is 5.15. The smallest absolute Gasteiger partial charge is 0.416 e. The minimum atomic E-state index is -4.44. The van der Waals surface area contributed by atoms with Crippen molar-refractivity contribution in [1.29, 1.82) is 0 Å². The third kappa shape index (κ3) is 4.49. The minimum Gasteiger partial charge on any atom is -0.497 e. The number of hydrogen-bond donors (Lipinski definition) is 1. The maximum Gasteiger partial charge on any atom is 0.416 e. The van der Waals surface area contributed by atoms with Crippen LogP contribution in [0.4, 0.5) is 13.2 Å². The highest BCUT2D eigenvalue weighted by Crippen LogP contribution is 2.30. The molecule has 0 spiro atoms. The zero-order valence-corrected chi connectivity index (χ0v) is 17.5. The lowest BCUT2D eigenvalue weighted by molar-refractivity contribution is -0.137. The van der Waals surface area contributed by atoms with Crippen molar-refractivity contribution in [1.82, 2.24) is 9.88 Å². The van der Waals surface area contributed by atoms with Crippen molar-refractivity contribution < 1.29 is 27.1 Å². The van der Waals surface area contributed by atoms with E-state index in [4.69, 9.17) is 9.15 Å². The summed E-state index contributed by atoms with van der Waals surface area (Å²) in [6, 6.07) is 15.9. The van der Waals surface area contributed by atoms with Crippen LogP contribution in [0.1, 0.15) is 32.9 Å². The number of aromatic nitrogens is 1. The van der Waals surface area contributed by atoms with Crippen molar-refractivity contribution in [2.45, 2.75) is 26.2 Å². The molecule has 32 heavy (non-hydrogen) atoms. The second-order valence-corrected chi connectivity index (χ2v) is 7.45. The van der Waals surface area contributed by atoms with E-state index < -0.39 is 17.6 Å². The van der Waals surface area contributed by atoms with Gasteiger partial charge in [0.05, 0.1) is 18.2 Å². The number of nitrogens with zero attached hydrogens (tertiary/aromatic N) is 1. The van der Waals surface area contributed by atoms with E-state index in [-0.39, 0.29) is 6.54 Å². The highest BCUT2D eigenvalue weighted by Gasteiger charge is 2.30. The fourth-order valence-electron chi connectivity index (χ4n) is 3.57. The van der Waals surface area contributed by atoms with Gasteiger partial charge in [-0.1, -0.05) is 24.3 Å². The Balaban J connectivity index is 1.58. The number of amides is 1. The van der Waals surface area contributed by atoms with Crippen molar-refractivity contribution in [2.24, 2.45) is 0 Å². The summed E-state index contributed by atoms with van der Waals surface area (Å²) in [7, 11) is 1.59. The molecule has 0 fully saturated rings. The van der Waals surface area contributed by atoms with E-state index in [1.165, 1.54) is 6.07 Å². The molecule has 1 N–H and O–H groups in total. The second kappa shape index (κ2) is 8.45. The molecular formula is C24H21F3N2O3. The largest absolute Gasteiger partial charge is 0.497 e. The summed E-state index contributed by atoms with van der Waals surface area (Å²) >= 11 is 0. The van der Waals surface area contributed by atoms with Crippen molar-refractivity contribution in [3.05, 3.63) is 88.8 Å². The van der Waals surface area contributed by atoms with Crippen molar-refractivity contribution >= 4 is 17.0 Å². The van der Waals surface area contributed by atoms with Crippen LogP contribution in [0.5, 0.6) is 5.75 Å². The Labute approximate surface area is 182 Å². The second-order valence-electron chi connectivity index (χ2n) is 7.45. The van der Waals surface area contributed by atoms with E-state index in [0.29, 0.717) is 23.4 Å². The van der Waals surface area contributed by atoms with Crippen molar-refractivity contribution in [3.63, 3.8) is 0 Å². The number of nitrogens with one attached hydrogen (secondary N) is 1. The molecule has 0 bridgehead atoms. The Morgan fingerprint density at radius 3 is 2.50 bits per heavy atom. The first-order valence-corrected chi connectivity index (χ1v) is 9.91. The van der Waals surface area contributed by atoms with Gasteiger partial charge in [-0.05, 0) is 42.3 Å². The molecule has 5 nitrogen and oxygen atoms in total. The topological polar surface area (TPSA) is 56.4 Å². The van der Waals surface area contributed by atoms with Gasteiger partial charge in [-0.25, -0.2) is 0 Å². The minimum absolute atomic E-state index is 0.0309. The van der Waals surface area contributed by atoms with Gasteiger partial charge in [0.15, 0.2) is 5.58 Å². The number of ether oxygens (including phenoxy) is 1. The molecule has 0 unspecified atom stereocenters. The first-order chi connectivity index (χ1) is 15.2. The molecule has 2 aromatic heterocycles. The van der Waals surface area contributed by atoms with Gasteiger partial charge in [0.1, 0.15) is 17.2 Å². The number of hydrogen-bond acceptors (Lipinski definition) is 3. The first-order valence-electron chi connectivity index (χ1n) is 9.91. The van der Waals surface area contributed by atoms with Gasteiger partial charge < -0.3 is 19.0 Å². The molecule has 2 aromatic carbocycles. The lowest BCUT2D eigenvalue weighted by Crippen LogP contribution is -2.25.